The summed E-state index contributed by atoms with van der Waals surface area (Å²) in [6, 6.07) is 3.79. The van der Waals surface area contributed by atoms with Gasteiger partial charge in [-0.2, -0.15) is 10.5 Å². The number of rotatable bonds is 0. The van der Waals surface area contributed by atoms with E-state index in [2.05, 4.69) is 0 Å². The average Bonchev–Trinajstić information content (AvgIpc) is 2.33. The first kappa shape index (κ1) is 5.65. The molecule has 2 unspecified atom stereocenters. The second-order valence-electron chi connectivity index (χ2n) is 1.67. The number of hydrogen-bond acceptors (Lipinski definition) is 3. The maximum absolute atomic E-state index is 8.34. The Hall–Kier alpha value is -1.48. The van der Waals surface area contributed by atoms with Gasteiger partial charge in [-0.05, 0) is 6.08 Å². The third-order valence-electron chi connectivity index (χ3n) is 1.11. The predicted octanol–water partition coefficient (Wildman–Crippen LogP) is 0.562. The Balaban J connectivity index is 2.65. The molecule has 0 saturated carbocycles. The highest BCUT2D eigenvalue weighted by molar-refractivity contribution is 5.13. The van der Waals surface area contributed by atoms with Gasteiger partial charge in [-0.1, -0.05) is 0 Å². The summed E-state index contributed by atoms with van der Waals surface area (Å²) in [5.74, 6) is -0.380. The lowest BCUT2D eigenvalue weighted by Gasteiger charge is -2.00. The first-order valence-corrected chi connectivity index (χ1v) is 2.50. The lowest BCUT2D eigenvalue weighted by Crippen LogP contribution is -2.11. The molecule has 0 N–H and O–H groups in total. The van der Waals surface area contributed by atoms with E-state index in [-0.39, 0.29) is 5.92 Å². The molecule has 2 atom stereocenters. The summed E-state index contributed by atoms with van der Waals surface area (Å²) in [5.41, 5.74) is 0. The zero-order valence-corrected chi connectivity index (χ0v) is 4.61. The number of nitrogens with zero attached hydrogens (tertiary/aromatic N) is 2. The second kappa shape index (κ2) is 2.19. The van der Waals surface area contributed by atoms with Crippen LogP contribution < -0.4 is 0 Å². The lowest BCUT2D eigenvalue weighted by molar-refractivity contribution is 0.202. The molecule has 3 heteroatoms. The smallest absolute Gasteiger partial charge is 0.202 e. The molecular formula is C6H4N2O. The number of ether oxygens (including phenoxy) is 1. The van der Waals surface area contributed by atoms with E-state index >= 15 is 0 Å². The number of hydrogen-bond donors (Lipinski definition) is 0. The minimum atomic E-state index is -0.588. The van der Waals surface area contributed by atoms with Crippen LogP contribution in [-0.4, -0.2) is 6.10 Å². The summed E-state index contributed by atoms with van der Waals surface area (Å²) in [5, 5.41) is 16.6. The monoisotopic (exact) mass is 120 g/mol. The normalized spacial score (nSPS) is 30.4. The molecule has 1 heterocycles. The van der Waals surface area contributed by atoms with Crippen LogP contribution in [0.2, 0.25) is 0 Å². The zero-order valence-electron chi connectivity index (χ0n) is 4.61. The van der Waals surface area contributed by atoms with Gasteiger partial charge in [0.1, 0.15) is 12.0 Å². The Morgan fingerprint density at radius 2 is 2.11 bits per heavy atom. The molecule has 0 saturated heterocycles. The standard InChI is InChI=1S/C6H4N2O/c7-3-5-1-2-9-6(5)4-8/h1-2,5-6H. The molecular weight excluding hydrogens is 116 g/mol. The van der Waals surface area contributed by atoms with Crippen molar-refractivity contribution in [3.05, 3.63) is 12.3 Å². The minimum absolute atomic E-state index is 0.380. The van der Waals surface area contributed by atoms with Crippen LogP contribution in [0.15, 0.2) is 12.3 Å². The summed E-state index contributed by atoms with van der Waals surface area (Å²) in [7, 11) is 0. The fourth-order valence-corrected chi connectivity index (χ4v) is 0.622. The van der Waals surface area contributed by atoms with Gasteiger partial charge >= 0.3 is 0 Å². The highest BCUT2D eigenvalue weighted by Crippen LogP contribution is 2.14. The van der Waals surface area contributed by atoms with Gasteiger partial charge in [0.05, 0.1) is 12.3 Å². The van der Waals surface area contributed by atoms with Crippen LogP contribution >= 0.6 is 0 Å². The van der Waals surface area contributed by atoms with Gasteiger partial charge in [0.15, 0.2) is 0 Å². The molecule has 3 nitrogen and oxygen atoms in total. The largest absolute Gasteiger partial charge is 0.482 e. The zero-order chi connectivity index (χ0) is 6.69. The van der Waals surface area contributed by atoms with Crippen molar-refractivity contribution in [2.75, 3.05) is 0 Å². The summed E-state index contributed by atoms with van der Waals surface area (Å²) in [6.45, 7) is 0. The van der Waals surface area contributed by atoms with Crippen molar-refractivity contribution in [3.63, 3.8) is 0 Å². The van der Waals surface area contributed by atoms with Crippen molar-refractivity contribution < 1.29 is 4.74 Å². The summed E-state index contributed by atoms with van der Waals surface area (Å²) < 4.78 is 4.74. The van der Waals surface area contributed by atoms with Crippen LogP contribution in [-0.2, 0) is 4.74 Å². The molecule has 44 valence electrons. The molecule has 0 spiro atoms. The van der Waals surface area contributed by atoms with Gasteiger partial charge in [0.25, 0.3) is 0 Å². The Morgan fingerprint density at radius 1 is 1.33 bits per heavy atom. The predicted molar refractivity (Wildman–Crippen MR) is 28.7 cm³/mol. The van der Waals surface area contributed by atoms with Crippen LogP contribution in [0.25, 0.3) is 0 Å². The topological polar surface area (TPSA) is 56.8 Å². The summed E-state index contributed by atoms with van der Waals surface area (Å²) in [4.78, 5) is 0. The van der Waals surface area contributed by atoms with Gasteiger partial charge in [-0.15, -0.1) is 0 Å². The highest BCUT2D eigenvalue weighted by atomic mass is 16.5. The fourth-order valence-electron chi connectivity index (χ4n) is 0.622. The first-order valence-electron chi connectivity index (χ1n) is 2.50. The van der Waals surface area contributed by atoms with E-state index in [4.69, 9.17) is 15.3 Å². The highest BCUT2D eigenvalue weighted by Gasteiger charge is 2.22. The van der Waals surface area contributed by atoms with E-state index in [0.29, 0.717) is 0 Å². The quantitative estimate of drug-likeness (QED) is 0.469. The minimum Gasteiger partial charge on any atom is -0.482 e. The molecule has 0 bridgehead atoms. The van der Waals surface area contributed by atoms with E-state index in [9.17, 15) is 0 Å². The molecule has 0 aromatic heterocycles. The molecule has 0 aromatic carbocycles. The van der Waals surface area contributed by atoms with Crippen molar-refractivity contribution >= 4 is 0 Å². The van der Waals surface area contributed by atoms with Crippen molar-refractivity contribution in [1.82, 2.24) is 0 Å². The van der Waals surface area contributed by atoms with Crippen LogP contribution in [0.3, 0.4) is 0 Å². The lowest BCUT2D eigenvalue weighted by atomic mass is 10.1. The van der Waals surface area contributed by atoms with E-state index in [0.717, 1.165) is 0 Å². The molecule has 0 radical (unpaired) electrons. The molecule has 0 aromatic rings. The molecule has 0 fully saturated rings. The Bertz CT molecular complexity index is 208. The number of nitriles is 2. The Morgan fingerprint density at radius 3 is 2.56 bits per heavy atom. The van der Waals surface area contributed by atoms with Gasteiger partial charge in [-0.25, -0.2) is 0 Å². The molecule has 1 rings (SSSR count). The van der Waals surface area contributed by atoms with Crippen molar-refractivity contribution in [2.45, 2.75) is 6.10 Å². The van der Waals surface area contributed by atoms with Crippen molar-refractivity contribution in [2.24, 2.45) is 5.92 Å². The SMILES string of the molecule is N#CC1C=COC1C#N. The molecule has 0 aliphatic carbocycles. The Labute approximate surface area is 52.8 Å². The average molecular weight is 120 g/mol. The molecule has 1 aliphatic heterocycles. The molecule has 1 aliphatic rings. The van der Waals surface area contributed by atoms with Crippen LogP contribution in [0, 0.1) is 28.6 Å². The van der Waals surface area contributed by atoms with Crippen molar-refractivity contribution in [1.29, 1.82) is 10.5 Å². The molecule has 9 heavy (non-hydrogen) atoms. The summed E-state index contributed by atoms with van der Waals surface area (Å²) in [6.07, 6.45) is 2.38. The fraction of sp³-hybridized carbons (Fsp3) is 0.333. The third kappa shape index (κ3) is 0.850. The van der Waals surface area contributed by atoms with E-state index in [1.54, 1.807) is 6.08 Å². The van der Waals surface area contributed by atoms with Crippen molar-refractivity contribution in [3.8, 4) is 12.1 Å². The van der Waals surface area contributed by atoms with E-state index < -0.39 is 6.10 Å². The van der Waals surface area contributed by atoms with Crippen LogP contribution in [0.5, 0.6) is 0 Å². The maximum Gasteiger partial charge on any atom is 0.202 e. The maximum atomic E-state index is 8.34. The Kier molecular flexibility index (Phi) is 1.38. The molecule has 0 amide bonds. The van der Waals surface area contributed by atoms with E-state index in [1.807, 2.05) is 12.1 Å². The van der Waals surface area contributed by atoms with E-state index in [1.165, 1.54) is 6.26 Å². The van der Waals surface area contributed by atoms with Crippen LogP contribution in [0.1, 0.15) is 0 Å². The third-order valence-corrected chi connectivity index (χ3v) is 1.11. The van der Waals surface area contributed by atoms with Crippen LogP contribution in [0.4, 0.5) is 0 Å². The van der Waals surface area contributed by atoms with Gasteiger partial charge < -0.3 is 4.74 Å². The van der Waals surface area contributed by atoms with Gasteiger partial charge in [0.2, 0.25) is 6.10 Å². The van der Waals surface area contributed by atoms with Gasteiger partial charge in [-0.3, -0.25) is 0 Å². The van der Waals surface area contributed by atoms with Gasteiger partial charge in [0, 0.05) is 0 Å². The first-order chi connectivity index (χ1) is 4.38. The summed E-state index contributed by atoms with van der Waals surface area (Å²) >= 11 is 0. The second-order valence-corrected chi connectivity index (χ2v) is 1.67.